The zero-order valence-corrected chi connectivity index (χ0v) is 19.4. The molecule has 1 aliphatic heterocycles. The number of methoxy groups -OCH3 is 2. The highest BCUT2D eigenvalue weighted by molar-refractivity contribution is 6.46. The molecule has 1 amide bonds. The van der Waals surface area contributed by atoms with Crippen molar-refractivity contribution in [3.63, 3.8) is 0 Å². The lowest BCUT2D eigenvalue weighted by molar-refractivity contribution is -0.139. The number of aliphatic hydroxyl groups is 1. The molecule has 0 aliphatic carbocycles. The number of Topliss-reactive ketones (excluding diaryl/α,β-unsaturated/α-hetero) is 1. The minimum absolute atomic E-state index is 0.104. The van der Waals surface area contributed by atoms with Gasteiger partial charge in [0.25, 0.3) is 11.7 Å². The largest absolute Gasteiger partial charge is 0.507 e. The molecule has 6 nitrogen and oxygen atoms in total. The van der Waals surface area contributed by atoms with Crippen LogP contribution in [0.1, 0.15) is 28.3 Å². The molecule has 1 unspecified atom stereocenters. The van der Waals surface area contributed by atoms with Crippen molar-refractivity contribution in [2.45, 2.75) is 19.4 Å². The van der Waals surface area contributed by atoms with Crippen LogP contribution >= 0.6 is 0 Å². The number of rotatable bonds is 7. The summed E-state index contributed by atoms with van der Waals surface area (Å²) in [7, 11) is 3.14. The maximum absolute atomic E-state index is 13.1. The Kier molecular flexibility index (Phi) is 6.68. The van der Waals surface area contributed by atoms with Crippen molar-refractivity contribution in [3.05, 3.63) is 101 Å². The summed E-state index contributed by atoms with van der Waals surface area (Å²) < 4.78 is 10.7. The highest BCUT2D eigenvalue weighted by Crippen LogP contribution is 2.39. The molecule has 1 aliphatic rings. The summed E-state index contributed by atoms with van der Waals surface area (Å²) in [6.45, 7) is 2.24. The Labute approximate surface area is 199 Å². The maximum Gasteiger partial charge on any atom is 0.295 e. The lowest BCUT2D eigenvalue weighted by atomic mass is 9.95. The Morgan fingerprint density at radius 1 is 0.912 bits per heavy atom. The van der Waals surface area contributed by atoms with Gasteiger partial charge in [-0.05, 0) is 36.6 Å². The summed E-state index contributed by atoms with van der Waals surface area (Å²) in [5.41, 5.74) is 3.34. The van der Waals surface area contributed by atoms with Crippen LogP contribution in [0.4, 0.5) is 0 Å². The van der Waals surface area contributed by atoms with Crippen molar-refractivity contribution in [1.82, 2.24) is 4.90 Å². The van der Waals surface area contributed by atoms with E-state index in [0.717, 1.165) is 16.7 Å². The third kappa shape index (κ3) is 4.39. The lowest BCUT2D eigenvalue weighted by Gasteiger charge is -2.25. The minimum atomic E-state index is -0.681. The SMILES string of the molecule is COc1ccc(CCN2C(=O)C(=O)/C(=C(/O)c3ccc(C)cc3)C2c2ccccc2)cc1OC. The predicted octanol–water partition coefficient (Wildman–Crippen LogP) is 4.68. The van der Waals surface area contributed by atoms with E-state index in [1.54, 1.807) is 26.4 Å². The van der Waals surface area contributed by atoms with Crippen LogP contribution in [0.3, 0.4) is 0 Å². The van der Waals surface area contributed by atoms with Crippen molar-refractivity contribution in [2.24, 2.45) is 0 Å². The summed E-state index contributed by atoms with van der Waals surface area (Å²) in [6, 6.07) is 21.4. The van der Waals surface area contributed by atoms with Crippen molar-refractivity contribution in [2.75, 3.05) is 20.8 Å². The fourth-order valence-electron chi connectivity index (χ4n) is 4.25. The third-order valence-corrected chi connectivity index (χ3v) is 6.07. The van der Waals surface area contributed by atoms with Gasteiger partial charge in [-0.25, -0.2) is 0 Å². The number of ketones is 1. The third-order valence-electron chi connectivity index (χ3n) is 6.07. The molecule has 0 aromatic heterocycles. The van der Waals surface area contributed by atoms with Crippen LogP contribution in [0.15, 0.2) is 78.4 Å². The molecular formula is C28H27NO5. The van der Waals surface area contributed by atoms with Gasteiger partial charge in [-0.1, -0.05) is 66.2 Å². The quantitative estimate of drug-likeness (QED) is 0.317. The number of likely N-dealkylation sites (tertiary alicyclic amines) is 1. The monoisotopic (exact) mass is 457 g/mol. The normalized spacial score (nSPS) is 17.1. The molecule has 1 heterocycles. The van der Waals surface area contributed by atoms with Crippen LogP contribution in [0, 0.1) is 6.92 Å². The first-order chi connectivity index (χ1) is 16.4. The van der Waals surface area contributed by atoms with Crippen molar-refractivity contribution >= 4 is 17.4 Å². The number of hydrogen-bond donors (Lipinski definition) is 1. The first kappa shape index (κ1) is 23.1. The molecule has 0 spiro atoms. The van der Waals surface area contributed by atoms with E-state index < -0.39 is 17.7 Å². The van der Waals surface area contributed by atoms with E-state index in [2.05, 4.69) is 0 Å². The summed E-state index contributed by atoms with van der Waals surface area (Å²) in [4.78, 5) is 27.8. The van der Waals surface area contributed by atoms with Gasteiger partial charge in [0.15, 0.2) is 11.5 Å². The Morgan fingerprint density at radius 2 is 1.59 bits per heavy atom. The van der Waals surface area contributed by atoms with E-state index in [9.17, 15) is 14.7 Å². The van der Waals surface area contributed by atoms with E-state index in [4.69, 9.17) is 9.47 Å². The van der Waals surface area contributed by atoms with Crippen LogP contribution in [-0.2, 0) is 16.0 Å². The number of nitrogens with zero attached hydrogens (tertiary/aromatic N) is 1. The summed E-state index contributed by atoms with van der Waals surface area (Å²) in [6.07, 6.45) is 0.501. The molecule has 0 radical (unpaired) electrons. The molecule has 4 rings (SSSR count). The minimum Gasteiger partial charge on any atom is -0.507 e. The van der Waals surface area contributed by atoms with Crippen molar-refractivity contribution < 1.29 is 24.2 Å². The van der Waals surface area contributed by atoms with Gasteiger partial charge >= 0.3 is 0 Å². The molecule has 0 saturated carbocycles. The molecular weight excluding hydrogens is 430 g/mol. The van der Waals surface area contributed by atoms with E-state index in [-0.39, 0.29) is 11.3 Å². The molecule has 1 saturated heterocycles. The Hall–Kier alpha value is -4.06. The number of amides is 1. The summed E-state index contributed by atoms with van der Waals surface area (Å²) in [5, 5.41) is 11.1. The fraction of sp³-hybridized carbons (Fsp3) is 0.214. The van der Waals surface area contributed by atoms with Gasteiger partial charge in [0.1, 0.15) is 5.76 Å². The number of aliphatic hydroxyl groups excluding tert-OH is 1. The fourth-order valence-corrected chi connectivity index (χ4v) is 4.25. The molecule has 1 N–H and O–H groups in total. The van der Waals surface area contributed by atoms with Gasteiger partial charge in [0.05, 0.1) is 25.8 Å². The lowest BCUT2D eigenvalue weighted by Crippen LogP contribution is -2.31. The van der Waals surface area contributed by atoms with Gasteiger partial charge in [0, 0.05) is 12.1 Å². The van der Waals surface area contributed by atoms with E-state index in [1.807, 2.05) is 67.6 Å². The molecule has 6 heteroatoms. The number of benzene rings is 3. The van der Waals surface area contributed by atoms with E-state index >= 15 is 0 Å². The second-order valence-corrected chi connectivity index (χ2v) is 8.21. The molecule has 3 aromatic carbocycles. The summed E-state index contributed by atoms with van der Waals surface area (Å²) in [5.74, 6) is -0.252. The smallest absolute Gasteiger partial charge is 0.295 e. The highest BCUT2D eigenvalue weighted by atomic mass is 16.5. The van der Waals surface area contributed by atoms with E-state index in [1.165, 1.54) is 4.90 Å². The van der Waals surface area contributed by atoms with Crippen molar-refractivity contribution in [3.8, 4) is 11.5 Å². The number of carbonyl (C=O) groups is 2. The average Bonchev–Trinajstić information content (AvgIpc) is 3.12. The van der Waals surface area contributed by atoms with Crippen molar-refractivity contribution in [1.29, 1.82) is 0 Å². The molecule has 174 valence electrons. The van der Waals surface area contributed by atoms with Gasteiger partial charge in [-0.3, -0.25) is 9.59 Å². The maximum atomic E-state index is 13.1. The topological polar surface area (TPSA) is 76.1 Å². The van der Waals surface area contributed by atoms with Crippen LogP contribution in [0.5, 0.6) is 11.5 Å². The zero-order valence-electron chi connectivity index (χ0n) is 19.4. The highest BCUT2D eigenvalue weighted by Gasteiger charge is 2.45. The van der Waals surface area contributed by atoms with Crippen LogP contribution in [0.2, 0.25) is 0 Å². The number of hydrogen-bond acceptors (Lipinski definition) is 5. The molecule has 3 aromatic rings. The van der Waals surface area contributed by atoms with Gasteiger partial charge in [-0.15, -0.1) is 0 Å². The van der Waals surface area contributed by atoms with Gasteiger partial charge in [-0.2, -0.15) is 0 Å². The Morgan fingerprint density at radius 3 is 2.24 bits per heavy atom. The van der Waals surface area contributed by atoms with Gasteiger partial charge in [0.2, 0.25) is 0 Å². The standard InChI is InChI=1S/C28H27NO5/c1-18-9-12-21(13-10-18)26(30)24-25(20-7-5-4-6-8-20)29(28(32)27(24)31)16-15-19-11-14-22(33-2)23(17-19)34-3/h4-14,17,25,30H,15-16H2,1-3H3/b26-24+. The van der Waals surface area contributed by atoms with Crippen LogP contribution in [-0.4, -0.2) is 42.5 Å². The zero-order chi connectivity index (χ0) is 24.2. The molecule has 1 fully saturated rings. The Balaban J connectivity index is 1.72. The molecule has 1 atom stereocenters. The number of aryl methyl sites for hydroxylation is 1. The predicted molar refractivity (Wildman–Crippen MR) is 130 cm³/mol. The molecule has 0 bridgehead atoms. The first-order valence-corrected chi connectivity index (χ1v) is 11.1. The van der Waals surface area contributed by atoms with Crippen LogP contribution in [0.25, 0.3) is 5.76 Å². The second-order valence-electron chi connectivity index (χ2n) is 8.21. The van der Waals surface area contributed by atoms with Crippen LogP contribution < -0.4 is 9.47 Å². The Bertz CT molecular complexity index is 1230. The average molecular weight is 458 g/mol. The number of ether oxygens (including phenoxy) is 2. The van der Waals surface area contributed by atoms with Gasteiger partial charge < -0.3 is 19.5 Å². The summed E-state index contributed by atoms with van der Waals surface area (Å²) >= 11 is 0. The first-order valence-electron chi connectivity index (χ1n) is 11.1. The number of carbonyl (C=O) groups excluding carboxylic acids is 2. The van der Waals surface area contributed by atoms with E-state index in [0.29, 0.717) is 30.0 Å². The second kappa shape index (κ2) is 9.83. The molecule has 34 heavy (non-hydrogen) atoms.